The van der Waals surface area contributed by atoms with E-state index >= 15 is 0 Å². The maximum Gasteiger partial charge on any atom is 0.419 e. The summed E-state index contributed by atoms with van der Waals surface area (Å²) >= 11 is 0. The van der Waals surface area contributed by atoms with Crippen molar-refractivity contribution in [1.29, 1.82) is 5.26 Å². The third-order valence-electron chi connectivity index (χ3n) is 5.85. The Morgan fingerprint density at radius 1 is 1.14 bits per heavy atom. The highest BCUT2D eigenvalue weighted by Crippen LogP contribution is 2.41. The first kappa shape index (κ1) is 24.9. The van der Waals surface area contributed by atoms with Gasteiger partial charge in [-0.15, -0.1) is 0 Å². The molecule has 8 nitrogen and oxygen atoms in total. The summed E-state index contributed by atoms with van der Waals surface area (Å²) in [4.78, 5) is 25.9. The highest BCUT2D eigenvalue weighted by molar-refractivity contribution is 5.79. The molecule has 1 unspecified atom stereocenters. The minimum Gasteiger partial charge on any atom is -0.445 e. The van der Waals surface area contributed by atoms with Crippen molar-refractivity contribution < 1.29 is 19.1 Å². The van der Waals surface area contributed by atoms with Gasteiger partial charge in [-0.3, -0.25) is 0 Å². The minimum atomic E-state index is -0.759. The lowest BCUT2D eigenvalue weighted by molar-refractivity contribution is 0.0526. The Kier molecular flexibility index (Phi) is 7.02. The Labute approximate surface area is 210 Å². The third kappa shape index (κ3) is 5.69. The normalized spacial score (nSPS) is 16.8. The molecule has 0 radical (unpaired) electrons. The topological polar surface area (TPSA) is 105 Å². The van der Waals surface area contributed by atoms with Crippen molar-refractivity contribution in [1.82, 2.24) is 9.88 Å². The predicted molar refractivity (Wildman–Crippen MR) is 135 cm³/mol. The van der Waals surface area contributed by atoms with Gasteiger partial charge < -0.3 is 20.1 Å². The molecule has 0 aliphatic carbocycles. The fraction of sp³-hybridized carbons (Fsp3) is 0.321. The van der Waals surface area contributed by atoms with Gasteiger partial charge in [-0.2, -0.15) is 5.26 Å². The molecule has 2 aromatic carbocycles. The standard InChI is InChI=1S/C28H30N4O4/c1-18-10-12-20(13-11-18)22-15-24(31-26(33)35-17-19-8-6-5-7-9-19)25-23(30-22)14-21(16-29)32(25)27(34)36-28(2,3)4/h5-14,22,24,30H,15,17H2,1-4H3,(H,31,33)/t22-,24?/m0/s1. The van der Waals surface area contributed by atoms with Crippen LogP contribution < -0.4 is 10.6 Å². The molecule has 0 bridgehead atoms. The van der Waals surface area contributed by atoms with Crippen molar-refractivity contribution in [2.75, 3.05) is 5.32 Å². The van der Waals surface area contributed by atoms with Crippen LogP contribution in [-0.4, -0.2) is 22.4 Å². The fourth-order valence-corrected chi connectivity index (χ4v) is 4.22. The molecule has 4 rings (SSSR count). The molecule has 1 amide bonds. The Hall–Kier alpha value is -4.25. The lowest BCUT2D eigenvalue weighted by Crippen LogP contribution is -2.37. The smallest absolute Gasteiger partial charge is 0.419 e. The van der Waals surface area contributed by atoms with Gasteiger partial charge in [0.25, 0.3) is 0 Å². The number of nitrogens with one attached hydrogen (secondary N) is 2. The molecule has 8 heteroatoms. The van der Waals surface area contributed by atoms with E-state index in [1.165, 1.54) is 4.57 Å². The molecule has 1 aromatic heterocycles. The van der Waals surface area contributed by atoms with Crippen molar-refractivity contribution in [3.05, 3.63) is 88.7 Å². The first-order chi connectivity index (χ1) is 17.1. The number of hydrogen-bond acceptors (Lipinski definition) is 6. The monoisotopic (exact) mass is 486 g/mol. The molecule has 0 spiro atoms. The zero-order chi connectivity index (χ0) is 25.9. The number of aryl methyl sites for hydroxylation is 1. The number of ether oxygens (including phenoxy) is 2. The van der Waals surface area contributed by atoms with Crippen LogP contribution in [0.15, 0.2) is 60.7 Å². The number of aromatic nitrogens is 1. The maximum atomic E-state index is 13.1. The van der Waals surface area contributed by atoms with Crippen LogP contribution in [0.25, 0.3) is 0 Å². The quantitative estimate of drug-likeness (QED) is 0.470. The molecule has 2 heterocycles. The summed E-state index contributed by atoms with van der Waals surface area (Å²) in [7, 11) is 0. The average Bonchev–Trinajstić information content (AvgIpc) is 3.22. The summed E-state index contributed by atoms with van der Waals surface area (Å²) in [5.41, 5.74) is 3.43. The van der Waals surface area contributed by atoms with E-state index in [1.807, 2.05) is 61.5 Å². The van der Waals surface area contributed by atoms with Gasteiger partial charge >= 0.3 is 12.2 Å². The van der Waals surface area contributed by atoms with Crippen molar-refractivity contribution in [3.63, 3.8) is 0 Å². The molecule has 1 aliphatic rings. The summed E-state index contributed by atoms with van der Waals surface area (Å²) in [6.45, 7) is 7.41. The van der Waals surface area contributed by atoms with Crippen LogP contribution in [0.3, 0.4) is 0 Å². The van der Waals surface area contributed by atoms with Crippen LogP contribution in [0.4, 0.5) is 15.3 Å². The number of hydrogen-bond donors (Lipinski definition) is 2. The number of nitriles is 1. The number of amides is 1. The molecule has 36 heavy (non-hydrogen) atoms. The molecule has 0 fully saturated rings. The highest BCUT2D eigenvalue weighted by atomic mass is 16.6. The van der Waals surface area contributed by atoms with Crippen LogP contribution in [-0.2, 0) is 16.1 Å². The van der Waals surface area contributed by atoms with E-state index in [4.69, 9.17) is 9.47 Å². The summed E-state index contributed by atoms with van der Waals surface area (Å²) in [5.74, 6) is 0. The molecule has 0 saturated carbocycles. The van der Waals surface area contributed by atoms with E-state index in [0.29, 0.717) is 17.8 Å². The fourth-order valence-electron chi connectivity index (χ4n) is 4.22. The van der Waals surface area contributed by atoms with Crippen molar-refractivity contribution in [2.45, 2.75) is 58.4 Å². The van der Waals surface area contributed by atoms with E-state index in [0.717, 1.165) is 16.7 Å². The Balaban J connectivity index is 1.66. The number of benzene rings is 2. The third-order valence-corrected chi connectivity index (χ3v) is 5.85. The molecule has 186 valence electrons. The van der Waals surface area contributed by atoms with E-state index in [2.05, 4.69) is 16.7 Å². The zero-order valence-corrected chi connectivity index (χ0v) is 20.9. The molecule has 2 N–H and O–H groups in total. The van der Waals surface area contributed by atoms with Crippen LogP contribution in [0.1, 0.15) is 67.4 Å². The average molecular weight is 487 g/mol. The van der Waals surface area contributed by atoms with Crippen molar-refractivity contribution in [3.8, 4) is 6.07 Å². The first-order valence-corrected chi connectivity index (χ1v) is 11.8. The van der Waals surface area contributed by atoms with Gasteiger partial charge in [-0.05, 0) is 51.3 Å². The van der Waals surface area contributed by atoms with E-state index in [1.54, 1.807) is 26.8 Å². The lowest BCUT2D eigenvalue weighted by atomic mass is 9.92. The summed E-state index contributed by atoms with van der Waals surface area (Å²) in [5, 5.41) is 16.1. The van der Waals surface area contributed by atoms with Crippen LogP contribution in [0.2, 0.25) is 0 Å². The predicted octanol–water partition coefficient (Wildman–Crippen LogP) is 5.98. The zero-order valence-electron chi connectivity index (χ0n) is 20.9. The van der Waals surface area contributed by atoms with Gasteiger partial charge in [0.15, 0.2) is 0 Å². The van der Waals surface area contributed by atoms with Crippen LogP contribution >= 0.6 is 0 Å². The van der Waals surface area contributed by atoms with Crippen molar-refractivity contribution in [2.24, 2.45) is 0 Å². The molecule has 1 aliphatic heterocycles. The Bertz CT molecular complexity index is 1280. The van der Waals surface area contributed by atoms with Gasteiger partial charge in [0.05, 0.1) is 23.5 Å². The van der Waals surface area contributed by atoms with Gasteiger partial charge in [-0.1, -0.05) is 60.2 Å². The lowest BCUT2D eigenvalue weighted by Gasteiger charge is -2.33. The second-order valence-electron chi connectivity index (χ2n) is 9.86. The second kappa shape index (κ2) is 10.2. The number of carbonyl (C=O) groups excluding carboxylic acids is 2. The number of alkyl carbamates (subject to hydrolysis) is 1. The first-order valence-electron chi connectivity index (χ1n) is 11.8. The van der Waals surface area contributed by atoms with E-state index < -0.39 is 23.8 Å². The number of fused-ring (bicyclic) bond motifs is 1. The molecule has 2 atom stereocenters. The minimum absolute atomic E-state index is 0.114. The molecule has 0 saturated heterocycles. The largest absolute Gasteiger partial charge is 0.445 e. The molecular formula is C28H30N4O4. The van der Waals surface area contributed by atoms with Crippen molar-refractivity contribution >= 4 is 17.9 Å². The van der Waals surface area contributed by atoms with Gasteiger partial charge in [0.2, 0.25) is 0 Å². The van der Waals surface area contributed by atoms with Gasteiger partial charge in [0.1, 0.15) is 24.0 Å². The molecule has 3 aromatic rings. The summed E-state index contributed by atoms with van der Waals surface area (Å²) in [6.07, 6.45) is -0.857. The summed E-state index contributed by atoms with van der Waals surface area (Å²) in [6, 6.07) is 20.4. The number of rotatable bonds is 4. The number of anilines is 1. The van der Waals surface area contributed by atoms with Crippen LogP contribution in [0.5, 0.6) is 0 Å². The molecular weight excluding hydrogens is 456 g/mol. The highest BCUT2D eigenvalue weighted by Gasteiger charge is 2.36. The number of nitrogens with zero attached hydrogens (tertiary/aromatic N) is 2. The number of carbonyl (C=O) groups is 2. The SMILES string of the molecule is Cc1ccc([C@@H]2CC(NC(=O)OCc3ccccc3)c3c(cc(C#N)n3C(=O)OC(C)(C)C)N2)cc1. The van der Waals surface area contributed by atoms with E-state index in [-0.39, 0.29) is 18.3 Å². The summed E-state index contributed by atoms with van der Waals surface area (Å²) < 4.78 is 12.3. The van der Waals surface area contributed by atoms with Gasteiger partial charge in [0, 0.05) is 0 Å². The maximum absolute atomic E-state index is 13.1. The van der Waals surface area contributed by atoms with Crippen LogP contribution in [0, 0.1) is 18.3 Å². The van der Waals surface area contributed by atoms with E-state index in [9.17, 15) is 14.9 Å². The second-order valence-corrected chi connectivity index (χ2v) is 9.86. The Morgan fingerprint density at radius 3 is 2.47 bits per heavy atom. The Morgan fingerprint density at radius 2 is 1.83 bits per heavy atom. The van der Waals surface area contributed by atoms with Gasteiger partial charge in [-0.25, -0.2) is 14.2 Å².